The fourth-order valence-electron chi connectivity index (χ4n) is 2.50. The topological polar surface area (TPSA) is 56.1 Å². The van der Waals surface area contributed by atoms with Crippen molar-refractivity contribution in [3.05, 3.63) is 30.1 Å². The largest absolute Gasteiger partial charge is 0.378 e. The molecule has 0 amide bonds. The molecular weight excluding hydrogens is 298 g/mol. The number of pyridine rings is 1. The Labute approximate surface area is 134 Å². The van der Waals surface area contributed by atoms with Crippen LogP contribution >= 0.6 is 11.8 Å². The Hall–Kier alpha value is -1.60. The van der Waals surface area contributed by atoms with Crippen LogP contribution in [0.5, 0.6) is 0 Å². The van der Waals surface area contributed by atoms with Crippen LogP contribution in [0.15, 0.2) is 29.7 Å². The smallest absolute Gasteiger partial charge is 0.228 e. The van der Waals surface area contributed by atoms with Crippen molar-refractivity contribution in [2.75, 3.05) is 31.2 Å². The maximum Gasteiger partial charge on any atom is 0.228 e. The van der Waals surface area contributed by atoms with Gasteiger partial charge in [-0.3, -0.25) is 9.55 Å². The second-order valence-electron chi connectivity index (χ2n) is 5.17. The van der Waals surface area contributed by atoms with Crippen LogP contribution < -0.4 is 4.90 Å². The summed E-state index contributed by atoms with van der Waals surface area (Å²) in [5, 5.41) is 10.1. The van der Waals surface area contributed by atoms with Gasteiger partial charge in [-0.1, -0.05) is 11.8 Å². The Morgan fingerprint density at radius 2 is 1.95 bits per heavy atom. The molecular formula is C15H21N5OS. The molecule has 1 aliphatic heterocycles. The fourth-order valence-corrected chi connectivity index (χ4v) is 3.54. The van der Waals surface area contributed by atoms with Gasteiger partial charge in [0.05, 0.1) is 13.2 Å². The first kappa shape index (κ1) is 15.3. The summed E-state index contributed by atoms with van der Waals surface area (Å²) in [5.41, 5.74) is 1.25. The van der Waals surface area contributed by atoms with E-state index < -0.39 is 0 Å². The molecule has 0 saturated carbocycles. The Balaban J connectivity index is 1.78. The van der Waals surface area contributed by atoms with Crippen molar-refractivity contribution in [3.8, 4) is 0 Å². The summed E-state index contributed by atoms with van der Waals surface area (Å²) in [7, 11) is 0. The van der Waals surface area contributed by atoms with Gasteiger partial charge in [-0.05, 0) is 31.5 Å². The molecule has 1 aliphatic rings. The molecule has 0 aromatic carbocycles. The van der Waals surface area contributed by atoms with E-state index in [0.717, 1.165) is 44.0 Å². The normalized spacial score (nSPS) is 16.7. The lowest BCUT2D eigenvalue weighted by Gasteiger charge is -2.27. The Bertz CT molecular complexity index is 597. The van der Waals surface area contributed by atoms with Crippen LogP contribution in [0.1, 0.15) is 24.7 Å². The van der Waals surface area contributed by atoms with Crippen molar-refractivity contribution in [2.45, 2.75) is 30.8 Å². The van der Waals surface area contributed by atoms with Gasteiger partial charge >= 0.3 is 0 Å². The van der Waals surface area contributed by atoms with Crippen LogP contribution in [0.2, 0.25) is 0 Å². The molecule has 22 heavy (non-hydrogen) atoms. The molecule has 2 aromatic heterocycles. The minimum absolute atomic E-state index is 0.315. The highest BCUT2D eigenvalue weighted by Gasteiger charge is 2.21. The van der Waals surface area contributed by atoms with Crippen molar-refractivity contribution in [1.82, 2.24) is 19.7 Å². The van der Waals surface area contributed by atoms with E-state index in [1.54, 1.807) is 11.8 Å². The van der Waals surface area contributed by atoms with Gasteiger partial charge in [0.25, 0.3) is 0 Å². The van der Waals surface area contributed by atoms with E-state index in [0.29, 0.717) is 5.25 Å². The molecule has 0 radical (unpaired) electrons. The van der Waals surface area contributed by atoms with Crippen molar-refractivity contribution in [2.24, 2.45) is 0 Å². The van der Waals surface area contributed by atoms with Crippen LogP contribution in [0.4, 0.5) is 5.95 Å². The van der Waals surface area contributed by atoms with Crippen molar-refractivity contribution >= 4 is 17.7 Å². The zero-order valence-corrected chi connectivity index (χ0v) is 13.8. The second kappa shape index (κ2) is 7.11. The molecule has 1 atom stereocenters. The van der Waals surface area contributed by atoms with Crippen LogP contribution in [-0.2, 0) is 11.3 Å². The number of aromatic nitrogens is 4. The molecule has 6 nitrogen and oxygen atoms in total. The van der Waals surface area contributed by atoms with Gasteiger partial charge in [0.1, 0.15) is 0 Å². The van der Waals surface area contributed by atoms with E-state index >= 15 is 0 Å². The highest BCUT2D eigenvalue weighted by atomic mass is 32.2. The molecule has 3 heterocycles. The molecule has 0 bridgehead atoms. The number of hydrogen-bond acceptors (Lipinski definition) is 6. The summed E-state index contributed by atoms with van der Waals surface area (Å²) in [6.45, 7) is 8.45. The third kappa shape index (κ3) is 3.25. The molecule has 1 fully saturated rings. The van der Waals surface area contributed by atoms with Crippen molar-refractivity contribution in [1.29, 1.82) is 0 Å². The minimum atomic E-state index is 0.315. The van der Waals surface area contributed by atoms with Crippen LogP contribution in [0, 0.1) is 0 Å². The maximum atomic E-state index is 5.41. The van der Waals surface area contributed by atoms with E-state index in [1.807, 2.05) is 24.5 Å². The SMILES string of the molecule is CCn1c(S[C@@H](C)c2ccncc2)nnc1N1CCOCC1. The first-order valence-electron chi connectivity index (χ1n) is 7.62. The third-order valence-corrected chi connectivity index (χ3v) is 4.90. The summed E-state index contributed by atoms with van der Waals surface area (Å²) < 4.78 is 7.60. The summed E-state index contributed by atoms with van der Waals surface area (Å²) >= 11 is 1.74. The Morgan fingerprint density at radius 1 is 1.23 bits per heavy atom. The molecule has 2 aromatic rings. The third-order valence-electron chi connectivity index (χ3n) is 3.77. The second-order valence-corrected chi connectivity index (χ2v) is 6.47. The van der Waals surface area contributed by atoms with Crippen LogP contribution in [-0.4, -0.2) is 46.1 Å². The number of rotatable bonds is 5. The van der Waals surface area contributed by atoms with E-state index in [1.165, 1.54) is 5.56 Å². The minimum Gasteiger partial charge on any atom is -0.378 e. The van der Waals surface area contributed by atoms with Crippen LogP contribution in [0.25, 0.3) is 0 Å². The molecule has 3 rings (SSSR count). The number of nitrogens with zero attached hydrogens (tertiary/aromatic N) is 5. The summed E-state index contributed by atoms with van der Waals surface area (Å²) in [4.78, 5) is 6.32. The molecule has 7 heteroatoms. The molecule has 0 spiro atoms. The molecule has 118 valence electrons. The van der Waals surface area contributed by atoms with E-state index in [2.05, 4.69) is 38.5 Å². The molecule has 1 saturated heterocycles. The Kier molecular flexibility index (Phi) is 4.94. The lowest BCUT2D eigenvalue weighted by atomic mass is 10.2. The average molecular weight is 319 g/mol. The molecule has 0 unspecified atom stereocenters. The highest BCUT2D eigenvalue weighted by Crippen LogP contribution is 2.34. The Morgan fingerprint density at radius 3 is 2.64 bits per heavy atom. The number of hydrogen-bond donors (Lipinski definition) is 0. The number of thioether (sulfide) groups is 1. The van der Waals surface area contributed by atoms with Gasteiger partial charge in [0.2, 0.25) is 5.95 Å². The van der Waals surface area contributed by atoms with Gasteiger partial charge < -0.3 is 9.64 Å². The molecule has 0 N–H and O–H groups in total. The van der Waals surface area contributed by atoms with Gasteiger partial charge in [-0.15, -0.1) is 10.2 Å². The molecule has 0 aliphatic carbocycles. The van der Waals surface area contributed by atoms with E-state index in [-0.39, 0.29) is 0 Å². The van der Waals surface area contributed by atoms with Gasteiger partial charge in [-0.25, -0.2) is 0 Å². The maximum absolute atomic E-state index is 5.41. The van der Waals surface area contributed by atoms with Gasteiger partial charge in [0.15, 0.2) is 5.16 Å². The number of anilines is 1. The van der Waals surface area contributed by atoms with E-state index in [9.17, 15) is 0 Å². The van der Waals surface area contributed by atoms with Gasteiger partial charge in [0, 0.05) is 37.3 Å². The average Bonchev–Trinajstić information content (AvgIpc) is 2.99. The summed E-state index contributed by atoms with van der Waals surface area (Å²) in [5.74, 6) is 0.954. The first-order chi connectivity index (χ1) is 10.8. The predicted molar refractivity (Wildman–Crippen MR) is 87.2 cm³/mol. The monoisotopic (exact) mass is 319 g/mol. The van der Waals surface area contributed by atoms with Gasteiger partial charge in [-0.2, -0.15) is 0 Å². The fraction of sp³-hybridized carbons (Fsp3) is 0.533. The van der Waals surface area contributed by atoms with Crippen LogP contribution in [0.3, 0.4) is 0 Å². The highest BCUT2D eigenvalue weighted by molar-refractivity contribution is 7.99. The zero-order chi connectivity index (χ0) is 15.4. The zero-order valence-electron chi connectivity index (χ0n) is 13.0. The van der Waals surface area contributed by atoms with Crippen molar-refractivity contribution in [3.63, 3.8) is 0 Å². The van der Waals surface area contributed by atoms with Crippen molar-refractivity contribution < 1.29 is 4.74 Å². The lowest BCUT2D eigenvalue weighted by molar-refractivity contribution is 0.121. The number of ether oxygens (including phenoxy) is 1. The van der Waals surface area contributed by atoms with E-state index in [4.69, 9.17) is 4.74 Å². The first-order valence-corrected chi connectivity index (χ1v) is 8.50. The predicted octanol–water partition coefficient (Wildman–Crippen LogP) is 2.38. The lowest BCUT2D eigenvalue weighted by Crippen LogP contribution is -2.38. The number of morpholine rings is 1. The summed E-state index contributed by atoms with van der Waals surface area (Å²) in [6.07, 6.45) is 3.66. The quantitative estimate of drug-likeness (QED) is 0.789. The standard InChI is InChI=1S/C15H21N5OS/c1-3-20-14(19-8-10-21-11-9-19)17-18-15(20)22-12(2)13-4-6-16-7-5-13/h4-7,12H,3,8-11H2,1-2H3/t12-/m0/s1. The summed E-state index contributed by atoms with van der Waals surface area (Å²) in [6, 6.07) is 4.10.